The Morgan fingerprint density at radius 2 is 2.12 bits per heavy atom. The van der Waals surface area contributed by atoms with Crippen LogP contribution in [0.15, 0.2) is 18.2 Å². The van der Waals surface area contributed by atoms with E-state index in [-0.39, 0.29) is 5.91 Å². The number of halogens is 2. The fourth-order valence-electron chi connectivity index (χ4n) is 1.10. The van der Waals surface area contributed by atoms with Gasteiger partial charge in [0.15, 0.2) is 0 Å². The fourth-order valence-corrected chi connectivity index (χ4v) is 1.50. The Labute approximate surface area is 104 Å². The number of benzene rings is 1. The molecule has 0 aliphatic heterocycles. The number of nitrogen functional groups attached to an aromatic ring is 1. The van der Waals surface area contributed by atoms with E-state index in [1.807, 2.05) is 0 Å². The number of hydrogen-bond acceptors (Lipinski definition) is 2. The van der Waals surface area contributed by atoms with Gasteiger partial charge in [0.25, 0.3) is 0 Å². The lowest BCUT2D eigenvalue weighted by atomic mass is 10.2. The van der Waals surface area contributed by atoms with Crippen molar-refractivity contribution in [3.8, 4) is 0 Å². The molecule has 1 rings (SSSR count). The van der Waals surface area contributed by atoms with E-state index in [2.05, 4.69) is 5.32 Å². The first-order valence-electron chi connectivity index (χ1n) is 4.67. The van der Waals surface area contributed by atoms with Gasteiger partial charge < -0.3 is 11.1 Å². The second kappa shape index (κ2) is 5.77. The highest BCUT2D eigenvalue weighted by Crippen LogP contribution is 2.31. The van der Waals surface area contributed by atoms with Crippen molar-refractivity contribution in [1.82, 2.24) is 5.32 Å². The molecule has 3 nitrogen and oxygen atoms in total. The summed E-state index contributed by atoms with van der Waals surface area (Å²) in [7, 11) is 0. The largest absolute Gasteiger partial charge is 0.397 e. The van der Waals surface area contributed by atoms with Crippen molar-refractivity contribution in [2.24, 2.45) is 0 Å². The molecular weight excluding hydrogens is 247 g/mol. The number of rotatable bonds is 3. The van der Waals surface area contributed by atoms with E-state index in [1.54, 1.807) is 24.3 Å². The summed E-state index contributed by atoms with van der Waals surface area (Å²) in [6, 6.07) is 3.46. The van der Waals surface area contributed by atoms with E-state index in [4.69, 9.17) is 28.9 Å². The van der Waals surface area contributed by atoms with Gasteiger partial charge in [-0.3, -0.25) is 4.79 Å². The molecule has 0 bridgehead atoms. The molecule has 86 valence electrons. The Kier molecular flexibility index (Phi) is 4.65. The zero-order valence-electron chi connectivity index (χ0n) is 8.76. The lowest BCUT2D eigenvalue weighted by molar-refractivity contribution is -0.118. The van der Waals surface area contributed by atoms with Crippen LogP contribution >= 0.6 is 23.2 Å². The minimum atomic E-state index is -0.0777. The van der Waals surface area contributed by atoms with Crippen LogP contribution in [0.5, 0.6) is 0 Å². The average molecular weight is 259 g/mol. The molecule has 0 radical (unpaired) electrons. The van der Waals surface area contributed by atoms with Crippen LogP contribution in [-0.2, 0) is 4.79 Å². The molecule has 0 saturated heterocycles. The summed E-state index contributed by atoms with van der Waals surface area (Å²) in [5.41, 5.74) is 6.81. The minimum Gasteiger partial charge on any atom is -0.397 e. The van der Waals surface area contributed by atoms with Gasteiger partial charge in [0.1, 0.15) is 0 Å². The van der Waals surface area contributed by atoms with Gasteiger partial charge in [-0.2, -0.15) is 0 Å². The summed E-state index contributed by atoms with van der Waals surface area (Å²) in [5, 5.41) is 3.40. The predicted octanol–water partition coefficient (Wildman–Crippen LogP) is 2.72. The van der Waals surface area contributed by atoms with E-state index in [0.29, 0.717) is 22.3 Å². The Bertz CT molecular complexity index is 430. The van der Waals surface area contributed by atoms with E-state index in [0.717, 1.165) is 5.56 Å². The standard InChI is InChI=1S/C11H12Cl2N2O/c1-7(16)15-6-2-3-8-4-5-9(14)11(13)10(8)12/h2-5H,6,14H2,1H3,(H,15,16). The molecule has 5 heteroatoms. The Hall–Kier alpha value is -1.19. The van der Waals surface area contributed by atoms with Crippen molar-refractivity contribution < 1.29 is 4.79 Å². The van der Waals surface area contributed by atoms with E-state index >= 15 is 0 Å². The van der Waals surface area contributed by atoms with Crippen molar-refractivity contribution in [2.45, 2.75) is 6.92 Å². The third-order valence-corrected chi connectivity index (χ3v) is 2.82. The van der Waals surface area contributed by atoms with E-state index < -0.39 is 0 Å². The van der Waals surface area contributed by atoms with Crippen molar-refractivity contribution in [3.05, 3.63) is 33.8 Å². The third kappa shape index (κ3) is 3.43. The van der Waals surface area contributed by atoms with E-state index in [9.17, 15) is 4.79 Å². The number of nitrogens with one attached hydrogen (secondary N) is 1. The molecule has 0 saturated carbocycles. The number of hydrogen-bond donors (Lipinski definition) is 2. The van der Waals surface area contributed by atoms with Crippen LogP contribution in [0.4, 0.5) is 5.69 Å². The van der Waals surface area contributed by atoms with Crippen LogP contribution in [0, 0.1) is 0 Å². The van der Waals surface area contributed by atoms with Gasteiger partial charge in [0, 0.05) is 13.5 Å². The van der Waals surface area contributed by atoms with Crippen molar-refractivity contribution >= 4 is 40.9 Å². The summed E-state index contributed by atoms with van der Waals surface area (Å²) >= 11 is 11.9. The quantitative estimate of drug-likeness (QED) is 0.820. The summed E-state index contributed by atoms with van der Waals surface area (Å²) in [6.07, 6.45) is 3.57. The molecule has 0 aliphatic carbocycles. The maximum absolute atomic E-state index is 10.6. The smallest absolute Gasteiger partial charge is 0.217 e. The van der Waals surface area contributed by atoms with Gasteiger partial charge in [-0.1, -0.05) is 41.4 Å². The summed E-state index contributed by atoms with van der Waals surface area (Å²) in [5.74, 6) is -0.0777. The molecule has 1 aromatic rings. The molecule has 0 fully saturated rings. The molecule has 1 aromatic carbocycles. The highest BCUT2D eigenvalue weighted by atomic mass is 35.5. The number of amides is 1. The average Bonchev–Trinajstić information content (AvgIpc) is 2.23. The second-order valence-electron chi connectivity index (χ2n) is 3.21. The monoisotopic (exact) mass is 258 g/mol. The predicted molar refractivity (Wildman–Crippen MR) is 68.6 cm³/mol. The van der Waals surface area contributed by atoms with Crippen molar-refractivity contribution in [2.75, 3.05) is 12.3 Å². The topological polar surface area (TPSA) is 55.1 Å². The van der Waals surface area contributed by atoms with Crippen molar-refractivity contribution in [1.29, 1.82) is 0 Å². The third-order valence-electron chi connectivity index (χ3n) is 1.91. The minimum absolute atomic E-state index is 0.0777. The van der Waals surface area contributed by atoms with Gasteiger partial charge in [-0.15, -0.1) is 0 Å². The van der Waals surface area contributed by atoms with Gasteiger partial charge in [-0.25, -0.2) is 0 Å². The number of anilines is 1. The van der Waals surface area contributed by atoms with Crippen LogP contribution in [0.1, 0.15) is 12.5 Å². The Balaban J connectivity index is 2.74. The molecule has 16 heavy (non-hydrogen) atoms. The lowest BCUT2D eigenvalue weighted by Crippen LogP contribution is -2.19. The summed E-state index contributed by atoms with van der Waals surface area (Å²) in [4.78, 5) is 10.6. The maximum atomic E-state index is 10.6. The van der Waals surface area contributed by atoms with Gasteiger partial charge in [-0.05, 0) is 11.6 Å². The molecule has 0 heterocycles. The molecule has 1 amide bonds. The second-order valence-corrected chi connectivity index (χ2v) is 3.97. The SMILES string of the molecule is CC(=O)NCC=Cc1ccc(N)c(Cl)c1Cl. The van der Waals surface area contributed by atoms with Gasteiger partial charge in [0.05, 0.1) is 15.7 Å². The van der Waals surface area contributed by atoms with Crippen molar-refractivity contribution in [3.63, 3.8) is 0 Å². The summed E-state index contributed by atoms with van der Waals surface area (Å²) in [6.45, 7) is 1.91. The summed E-state index contributed by atoms with van der Waals surface area (Å²) < 4.78 is 0. The first kappa shape index (κ1) is 12.9. The maximum Gasteiger partial charge on any atom is 0.217 e. The zero-order chi connectivity index (χ0) is 12.1. The van der Waals surface area contributed by atoms with Crippen LogP contribution in [0.25, 0.3) is 6.08 Å². The van der Waals surface area contributed by atoms with E-state index in [1.165, 1.54) is 6.92 Å². The lowest BCUT2D eigenvalue weighted by Gasteiger charge is -2.03. The van der Waals surface area contributed by atoms with Crippen LogP contribution in [-0.4, -0.2) is 12.5 Å². The normalized spacial score (nSPS) is 10.7. The van der Waals surface area contributed by atoms with Gasteiger partial charge >= 0.3 is 0 Å². The molecule has 0 atom stereocenters. The molecule has 0 unspecified atom stereocenters. The molecule has 3 N–H and O–H groups in total. The Morgan fingerprint density at radius 1 is 1.44 bits per heavy atom. The number of carbonyl (C=O) groups excluding carboxylic acids is 1. The van der Waals surface area contributed by atoms with Crippen LogP contribution in [0.2, 0.25) is 10.0 Å². The Morgan fingerprint density at radius 3 is 2.75 bits per heavy atom. The fraction of sp³-hybridized carbons (Fsp3) is 0.182. The number of carbonyl (C=O) groups is 1. The van der Waals surface area contributed by atoms with Crippen LogP contribution in [0.3, 0.4) is 0 Å². The van der Waals surface area contributed by atoms with Gasteiger partial charge in [0.2, 0.25) is 5.91 Å². The highest BCUT2D eigenvalue weighted by molar-refractivity contribution is 6.44. The first-order chi connectivity index (χ1) is 7.52. The zero-order valence-corrected chi connectivity index (χ0v) is 10.3. The molecule has 0 spiro atoms. The first-order valence-corrected chi connectivity index (χ1v) is 5.42. The molecule has 0 aromatic heterocycles. The van der Waals surface area contributed by atoms with Crippen LogP contribution < -0.4 is 11.1 Å². The molecular formula is C11H12Cl2N2O. The molecule has 0 aliphatic rings. The highest BCUT2D eigenvalue weighted by Gasteiger charge is 2.05. The number of nitrogens with two attached hydrogens (primary N) is 1.